The lowest BCUT2D eigenvalue weighted by molar-refractivity contribution is 0.117. The van der Waals surface area contributed by atoms with Gasteiger partial charge >= 0.3 is 0 Å². The molecule has 1 N–H and O–H groups in total. The van der Waals surface area contributed by atoms with Gasteiger partial charge in [0.25, 0.3) is 0 Å². The first kappa shape index (κ1) is 16.7. The van der Waals surface area contributed by atoms with Crippen LogP contribution in [0.5, 0.6) is 0 Å². The van der Waals surface area contributed by atoms with Crippen LogP contribution < -0.4 is 0 Å². The molecule has 1 unspecified atom stereocenters. The summed E-state index contributed by atoms with van der Waals surface area (Å²) in [7, 11) is 0. The highest BCUT2D eigenvalue weighted by molar-refractivity contribution is 7.97. The fourth-order valence-corrected chi connectivity index (χ4v) is 4.34. The van der Waals surface area contributed by atoms with E-state index in [1.54, 1.807) is 11.8 Å². The van der Waals surface area contributed by atoms with Crippen LogP contribution in [0.15, 0.2) is 28.8 Å². The Labute approximate surface area is 152 Å². The fraction of sp³-hybridized carbons (Fsp3) is 0.474. The van der Waals surface area contributed by atoms with Gasteiger partial charge in [-0.1, -0.05) is 37.2 Å². The van der Waals surface area contributed by atoms with Gasteiger partial charge in [0.05, 0.1) is 18.3 Å². The second-order valence-corrected chi connectivity index (χ2v) is 7.88. The van der Waals surface area contributed by atoms with Crippen LogP contribution in [0.2, 0.25) is 0 Å². The molecular weight excluding hydrogens is 332 g/mol. The maximum atomic E-state index is 5.47. The normalized spacial score (nSPS) is 18.2. The van der Waals surface area contributed by atoms with Gasteiger partial charge in [0.15, 0.2) is 5.82 Å². The monoisotopic (exact) mass is 356 g/mol. The average Bonchev–Trinajstić information content (AvgIpc) is 3.18. The maximum Gasteiger partial charge on any atom is 0.240 e. The van der Waals surface area contributed by atoms with Gasteiger partial charge in [0, 0.05) is 23.1 Å². The average molecular weight is 356 g/mol. The van der Waals surface area contributed by atoms with Crippen molar-refractivity contribution < 1.29 is 4.52 Å². The van der Waals surface area contributed by atoms with Gasteiger partial charge in [0.2, 0.25) is 5.89 Å². The summed E-state index contributed by atoms with van der Waals surface area (Å²) in [6.07, 6.45) is 3.10. The number of thioether (sulfide) groups is 1. The van der Waals surface area contributed by atoms with Crippen molar-refractivity contribution in [3.8, 4) is 0 Å². The molecule has 3 aromatic rings. The molecule has 3 heterocycles. The van der Waals surface area contributed by atoms with Crippen molar-refractivity contribution in [2.24, 2.45) is 5.92 Å². The van der Waals surface area contributed by atoms with E-state index in [1.165, 1.54) is 22.2 Å². The minimum atomic E-state index is 0.340. The van der Waals surface area contributed by atoms with Gasteiger partial charge in [-0.25, -0.2) is 0 Å². The number of rotatable bonds is 5. The number of aromatic amines is 1. The summed E-state index contributed by atoms with van der Waals surface area (Å²) in [5.41, 5.74) is 4.06. The Morgan fingerprint density at radius 2 is 2.20 bits per heavy atom. The van der Waals surface area contributed by atoms with Crippen LogP contribution in [0.3, 0.4) is 0 Å². The topological polar surface area (TPSA) is 58.0 Å². The first-order valence-electron chi connectivity index (χ1n) is 8.81. The Kier molecular flexibility index (Phi) is 4.56. The summed E-state index contributed by atoms with van der Waals surface area (Å²) in [6.45, 7) is 6.29. The molecule has 6 heteroatoms. The van der Waals surface area contributed by atoms with Crippen LogP contribution in [0, 0.1) is 5.92 Å². The van der Waals surface area contributed by atoms with Crippen molar-refractivity contribution in [2.45, 2.75) is 38.6 Å². The molecule has 2 aromatic heterocycles. The van der Waals surface area contributed by atoms with Crippen molar-refractivity contribution in [3.05, 3.63) is 47.2 Å². The number of benzene rings is 1. The first-order chi connectivity index (χ1) is 12.2. The number of H-pyrrole nitrogens is 1. The zero-order valence-corrected chi connectivity index (χ0v) is 15.8. The molecule has 0 bridgehead atoms. The number of aromatic nitrogens is 3. The van der Waals surface area contributed by atoms with Crippen LogP contribution in [0.4, 0.5) is 0 Å². The number of nitrogens with one attached hydrogen (secondary N) is 1. The second-order valence-electron chi connectivity index (χ2n) is 7.01. The Morgan fingerprint density at radius 1 is 1.36 bits per heavy atom. The molecule has 0 amide bonds. The van der Waals surface area contributed by atoms with Crippen LogP contribution in [0.1, 0.15) is 42.9 Å². The summed E-state index contributed by atoms with van der Waals surface area (Å²) in [5, 5.41) is 5.44. The van der Waals surface area contributed by atoms with Crippen LogP contribution in [-0.2, 0) is 18.7 Å². The molecule has 0 fully saturated rings. The Balaban J connectivity index is 1.65. The minimum absolute atomic E-state index is 0.340. The molecule has 132 valence electrons. The molecule has 1 aliphatic rings. The summed E-state index contributed by atoms with van der Waals surface area (Å²) in [6, 6.07) is 8.95. The number of nitrogens with zero attached hydrogens (tertiary/aromatic N) is 3. The number of fused-ring (bicyclic) bond motifs is 3. The molecule has 1 aliphatic heterocycles. The third-order valence-corrected chi connectivity index (χ3v) is 5.49. The summed E-state index contributed by atoms with van der Waals surface area (Å²) < 4.78 is 5.47. The first-order valence-corrected chi connectivity index (χ1v) is 10.2. The van der Waals surface area contributed by atoms with E-state index < -0.39 is 0 Å². The van der Waals surface area contributed by atoms with Crippen molar-refractivity contribution >= 4 is 22.7 Å². The Morgan fingerprint density at radius 3 is 3.00 bits per heavy atom. The molecule has 25 heavy (non-hydrogen) atoms. The lowest BCUT2D eigenvalue weighted by Gasteiger charge is -2.37. The molecule has 0 radical (unpaired) electrons. The van der Waals surface area contributed by atoms with E-state index in [0.29, 0.717) is 24.4 Å². The Bertz CT molecular complexity index is 869. The third kappa shape index (κ3) is 3.09. The molecule has 0 saturated carbocycles. The quantitative estimate of drug-likeness (QED) is 0.743. The highest BCUT2D eigenvalue weighted by Gasteiger charge is 2.33. The zero-order valence-electron chi connectivity index (χ0n) is 15.0. The zero-order chi connectivity index (χ0) is 17.4. The molecule has 1 aromatic carbocycles. The van der Waals surface area contributed by atoms with E-state index >= 15 is 0 Å². The highest BCUT2D eigenvalue weighted by atomic mass is 32.2. The van der Waals surface area contributed by atoms with E-state index in [-0.39, 0.29) is 0 Å². The second kappa shape index (κ2) is 6.84. The number of para-hydroxylation sites is 1. The van der Waals surface area contributed by atoms with E-state index in [2.05, 4.69) is 58.1 Å². The third-order valence-electron chi connectivity index (χ3n) is 4.94. The van der Waals surface area contributed by atoms with Crippen molar-refractivity contribution in [1.29, 1.82) is 0 Å². The summed E-state index contributed by atoms with van der Waals surface area (Å²) in [5.74, 6) is 2.80. The van der Waals surface area contributed by atoms with Gasteiger partial charge in [-0.15, -0.1) is 0 Å². The number of hydrogen-bond donors (Lipinski definition) is 1. The van der Waals surface area contributed by atoms with Crippen LogP contribution >= 0.6 is 11.8 Å². The van der Waals surface area contributed by atoms with Gasteiger partial charge in [0.1, 0.15) is 0 Å². The Hall–Kier alpha value is -1.79. The standard InChI is InChI=1S/C19H24N4OS/c1-12(2)19-18-14(13-6-4-5-7-15(13)20-18)8-9-23(19)10-17-21-16(11-25-3)22-24-17/h4-7,12,19-20H,8-11H2,1-3H3. The predicted octanol–water partition coefficient (Wildman–Crippen LogP) is 4.17. The smallest absolute Gasteiger partial charge is 0.240 e. The van der Waals surface area contributed by atoms with Gasteiger partial charge in [-0.2, -0.15) is 16.7 Å². The summed E-state index contributed by atoms with van der Waals surface area (Å²) >= 11 is 1.71. The lowest BCUT2D eigenvalue weighted by Crippen LogP contribution is -2.37. The van der Waals surface area contributed by atoms with Gasteiger partial charge < -0.3 is 9.51 Å². The summed E-state index contributed by atoms with van der Waals surface area (Å²) in [4.78, 5) is 10.7. The van der Waals surface area contributed by atoms with Crippen molar-refractivity contribution in [3.63, 3.8) is 0 Å². The maximum absolute atomic E-state index is 5.47. The molecule has 0 saturated heterocycles. The molecule has 5 nitrogen and oxygen atoms in total. The van der Waals surface area contributed by atoms with E-state index in [4.69, 9.17) is 4.52 Å². The molecule has 0 aliphatic carbocycles. The predicted molar refractivity (Wildman–Crippen MR) is 102 cm³/mol. The van der Waals surface area contributed by atoms with Gasteiger partial charge in [-0.3, -0.25) is 4.90 Å². The van der Waals surface area contributed by atoms with E-state index in [1.807, 2.05) is 6.26 Å². The van der Waals surface area contributed by atoms with Crippen molar-refractivity contribution in [1.82, 2.24) is 20.0 Å². The van der Waals surface area contributed by atoms with E-state index in [9.17, 15) is 0 Å². The van der Waals surface area contributed by atoms with Crippen LogP contribution in [0.25, 0.3) is 10.9 Å². The largest absolute Gasteiger partial charge is 0.357 e. The molecule has 4 rings (SSSR count). The number of hydrogen-bond acceptors (Lipinski definition) is 5. The minimum Gasteiger partial charge on any atom is -0.357 e. The fourth-order valence-electron chi connectivity index (χ4n) is 3.97. The lowest BCUT2D eigenvalue weighted by atomic mass is 9.90. The highest BCUT2D eigenvalue weighted by Crippen LogP contribution is 2.38. The molecule has 1 atom stereocenters. The van der Waals surface area contributed by atoms with Gasteiger partial charge in [-0.05, 0) is 30.2 Å². The molecule has 0 spiro atoms. The van der Waals surface area contributed by atoms with E-state index in [0.717, 1.165) is 24.5 Å². The van der Waals surface area contributed by atoms with Crippen LogP contribution in [-0.4, -0.2) is 32.8 Å². The van der Waals surface area contributed by atoms with Crippen molar-refractivity contribution in [2.75, 3.05) is 12.8 Å². The SMILES string of the molecule is CSCc1noc(CN2CCc3c([nH]c4ccccc34)C2C(C)C)n1. The molecular formula is C19H24N4OS.